The summed E-state index contributed by atoms with van der Waals surface area (Å²) >= 11 is 0. The Hall–Kier alpha value is -2.11. The SMILES string of the molecule is CCCC(C)NC(=O)NCc1cc(C(=O)O)ccn1. The third kappa shape index (κ3) is 5.37. The van der Waals surface area contributed by atoms with Gasteiger partial charge in [-0.05, 0) is 25.5 Å². The van der Waals surface area contributed by atoms with Crippen LogP contribution >= 0.6 is 0 Å². The third-order valence-electron chi connectivity index (χ3n) is 2.59. The number of nitrogens with zero attached hydrogens (tertiary/aromatic N) is 1. The van der Waals surface area contributed by atoms with Crippen molar-refractivity contribution in [3.8, 4) is 0 Å². The van der Waals surface area contributed by atoms with E-state index < -0.39 is 5.97 Å². The maximum atomic E-state index is 11.6. The molecule has 1 rings (SSSR count). The topological polar surface area (TPSA) is 91.3 Å². The van der Waals surface area contributed by atoms with Gasteiger partial charge in [0.1, 0.15) is 0 Å². The molecule has 1 unspecified atom stereocenters. The number of nitrogens with one attached hydrogen (secondary N) is 2. The number of rotatable bonds is 6. The molecule has 1 heterocycles. The maximum absolute atomic E-state index is 11.6. The first kappa shape index (κ1) is 14.9. The monoisotopic (exact) mass is 265 g/mol. The Balaban J connectivity index is 2.46. The first-order chi connectivity index (χ1) is 9.02. The molecule has 0 radical (unpaired) electrons. The summed E-state index contributed by atoms with van der Waals surface area (Å²) in [6, 6.07) is 2.69. The molecule has 3 N–H and O–H groups in total. The Kier molecular flexibility index (Phi) is 5.78. The Bertz CT molecular complexity index is 449. The van der Waals surface area contributed by atoms with Gasteiger partial charge in [0, 0.05) is 12.2 Å². The van der Waals surface area contributed by atoms with Crippen LogP contribution in [0.1, 0.15) is 42.7 Å². The molecule has 1 aromatic rings. The minimum Gasteiger partial charge on any atom is -0.478 e. The van der Waals surface area contributed by atoms with E-state index in [0.29, 0.717) is 5.69 Å². The molecule has 19 heavy (non-hydrogen) atoms. The Morgan fingerprint density at radius 2 is 2.21 bits per heavy atom. The van der Waals surface area contributed by atoms with Gasteiger partial charge in [0.2, 0.25) is 0 Å². The van der Waals surface area contributed by atoms with Crippen LogP contribution in [0.3, 0.4) is 0 Å². The summed E-state index contributed by atoms with van der Waals surface area (Å²) in [6.07, 6.45) is 3.34. The average Bonchev–Trinajstić information content (AvgIpc) is 2.37. The molecule has 1 aromatic heterocycles. The number of aromatic nitrogens is 1. The molecule has 0 bridgehead atoms. The van der Waals surface area contributed by atoms with Gasteiger partial charge in [0.15, 0.2) is 0 Å². The molecule has 0 fully saturated rings. The van der Waals surface area contributed by atoms with E-state index >= 15 is 0 Å². The Labute approximate surface area is 112 Å². The summed E-state index contributed by atoms with van der Waals surface area (Å²) in [4.78, 5) is 26.3. The molecule has 0 saturated heterocycles. The number of urea groups is 1. The van der Waals surface area contributed by atoms with Crippen LogP contribution in [0, 0.1) is 0 Å². The van der Waals surface area contributed by atoms with E-state index in [4.69, 9.17) is 5.11 Å². The molecule has 1 atom stereocenters. The second-order valence-corrected chi connectivity index (χ2v) is 4.36. The van der Waals surface area contributed by atoms with E-state index in [9.17, 15) is 9.59 Å². The summed E-state index contributed by atoms with van der Waals surface area (Å²) < 4.78 is 0. The van der Waals surface area contributed by atoms with Crippen molar-refractivity contribution in [2.45, 2.75) is 39.3 Å². The fraction of sp³-hybridized carbons (Fsp3) is 0.462. The lowest BCUT2D eigenvalue weighted by atomic mass is 10.2. The highest BCUT2D eigenvalue weighted by atomic mass is 16.4. The minimum atomic E-state index is -1.01. The van der Waals surface area contributed by atoms with Gasteiger partial charge < -0.3 is 15.7 Å². The highest BCUT2D eigenvalue weighted by Crippen LogP contribution is 2.01. The minimum absolute atomic E-state index is 0.114. The largest absolute Gasteiger partial charge is 0.478 e. The standard InChI is InChI=1S/C13H19N3O3/c1-3-4-9(2)16-13(19)15-8-11-7-10(12(17)18)5-6-14-11/h5-7,9H,3-4,8H2,1-2H3,(H,17,18)(H2,15,16,19). The van der Waals surface area contributed by atoms with Crippen molar-refractivity contribution in [1.29, 1.82) is 0 Å². The average molecular weight is 265 g/mol. The zero-order chi connectivity index (χ0) is 14.3. The summed E-state index contributed by atoms with van der Waals surface area (Å²) in [5.41, 5.74) is 0.671. The van der Waals surface area contributed by atoms with Crippen molar-refractivity contribution >= 4 is 12.0 Å². The van der Waals surface area contributed by atoms with Crippen molar-refractivity contribution in [3.05, 3.63) is 29.6 Å². The predicted octanol–water partition coefficient (Wildman–Crippen LogP) is 1.77. The number of aromatic carboxylic acids is 1. The van der Waals surface area contributed by atoms with E-state index in [0.717, 1.165) is 12.8 Å². The summed E-state index contributed by atoms with van der Waals surface area (Å²) in [7, 11) is 0. The number of carboxylic acids is 1. The van der Waals surface area contributed by atoms with E-state index in [1.54, 1.807) is 0 Å². The molecule has 6 heteroatoms. The van der Waals surface area contributed by atoms with Crippen LogP contribution in [0.5, 0.6) is 0 Å². The molecule has 0 spiro atoms. The zero-order valence-corrected chi connectivity index (χ0v) is 11.1. The molecular weight excluding hydrogens is 246 g/mol. The third-order valence-corrected chi connectivity index (χ3v) is 2.59. The van der Waals surface area contributed by atoms with Crippen LogP contribution in [-0.2, 0) is 6.54 Å². The molecule has 0 aliphatic carbocycles. The maximum Gasteiger partial charge on any atom is 0.335 e. The highest BCUT2D eigenvalue weighted by Gasteiger charge is 2.07. The number of hydrogen-bond donors (Lipinski definition) is 3. The van der Waals surface area contributed by atoms with E-state index in [-0.39, 0.29) is 24.2 Å². The molecule has 0 aromatic carbocycles. The molecule has 104 valence electrons. The predicted molar refractivity (Wildman–Crippen MR) is 70.9 cm³/mol. The molecule has 6 nitrogen and oxygen atoms in total. The lowest BCUT2D eigenvalue weighted by molar-refractivity contribution is 0.0696. The molecule has 0 aliphatic heterocycles. The van der Waals surface area contributed by atoms with Gasteiger partial charge in [-0.25, -0.2) is 9.59 Å². The van der Waals surface area contributed by atoms with Crippen molar-refractivity contribution in [2.24, 2.45) is 0 Å². The summed E-state index contributed by atoms with van der Waals surface area (Å²) in [6.45, 7) is 4.19. The van der Waals surface area contributed by atoms with Crippen LogP contribution in [-0.4, -0.2) is 28.1 Å². The fourth-order valence-electron chi connectivity index (χ4n) is 1.66. The fourth-order valence-corrected chi connectivity index (χ4v) is 1.66. The lowest BCUT2D eigenvalue weighted by Gasteiger charge is -2.13. The van der Waals surface area contributed by atoms with Gasteiger partial charge in [-0.3, -0.25) is 4.98 Å². The summed E-state index contributed by atoms with van der Waals surface area (Å²) in [5, 5.41) is 14.3. The normalized spacial score (nSPS) is 11.7. The molecular formula is C13H19N3O3. The number of carbonyl (C=O) groups excluding carboxylic acids is 1. The smallest absolute Gasteiger partial charge is 0.335 e. The first-order valence-electron chi connectivity index (χ1n) is 6.25. The Morgan fingerprint density at radius 3 is 2.84 bits per heavy atom. The van der Waals surface area contributed by atoms with Crippen LogP contribution in [0.2, 0.25) is 0 Å². The molecule has 0 aliphatic rings. The van der Waals surface area contributed by atoms with E-state index in [1.165, 1.54) is 18.3 Å². The first-order valence-corrected chi connectivity index (χ1v) is 6.25. The van der Waals surface area contributed by atoms with Crippen LogP contribution in [0.25, 0.3) is 0 Å². The van der Waals surface area contributed by atoms with Gasteiger partial charge >= 0.3 is 12.0 Å². The van der Waals surface area contributed by atoms with E-state index in [1.807, 2.05) is 6.92 Å². The van der Waals surface area contributed by atoms with Crippen molar-refractivity contribution in [1.82, 2.24) is 15.6 Å². The second kappa shape index (κ2) is 7.35. The summed E-state index contributed by atoms with van der Waals surface area (Å²) in [5.74, 6) is -1.01. The zero-order valence-electron chi connectivity index (χ0n) is 11.1. The quantitative estimate of drug-likeness (QED) is 0.731. The molecule has 0 saturated carbocycles. The van der Waals surface area contributed by atoms with Gasteiger partial charge in [0.25, 0.3) is 0 Å². The van der Waals surface area contributed by atoms with Crippen LogP contribution < -0.4 is 10.6 Å². The van der Waals surface area contributed by atoms with Gasteiger partial charge in [0.05, 0.1) is 17.8 Å². The van der Waals surface area contributed by atoms with Crippen molar-refractivity contribution < 1.29 is 14.7 Å². The lowest BCUT2D eigenvalue weighted by Crippen LogP contribution is -2.40. The number of carbonyl (C=O) groups is 2. The highest BCUT2D eigenvalue weighted by molar-refractivity contribution is 5.87. The Morgan fingerprint density at radius 1 is 1.47 bits per heavy atom. The van der Waals surface area contributed by atoms with Crippen LogP contribution in [0.4, 0.5) is 4.79 Å². The van der Waals surface area contributed by atoms with Gasteiger partial charge in [-0.2, -0.15) is 0 Å². The number of carboxylic acid groups (broad SMARTS) is 1. The van der Waals surface area contributed by atoms with Crippen molar-refractivity contribution in [2.75, 3.05) is 0 Å². The second-order valence-electron chi connectivity index (χ2n) is 4.36. The number of amides is 2. The van der Waals surface area contributed by atoms with Gasteiger partial charge in [-0.1, -0.05) is 13.3 Å². The molecule has 2 amide bonds. The number of hydrogen-bond acceptors (Lipinski definition) is 3. The van der Waals surface area contributed by atoms with Crippen LogP contribution in [0.15, 0.2) is 18.3 Å². The number of pyridine rings is 1. The van der Waals surface area contributed by atoms with Gasteiger partial charge in [-0.15, -0.1) is 0 Å². The van der Waals surface area contributed by atoms with E-state index in [2.05, 4.69) is 22.5 Å². The van der Waals surface area contributed by atoms with Crippen molar-refractivity contribution in [3.63, 3.8) is 0 Å².